The molecule has 2 rings (SSSR count). The van der Waals surface area contributed by atoms with Gasteiger partial charge in [0, 0.05) is 26.3 Å². The van der Waals surface area contributed by atoms with Gasteiger partial charge in [-0.3, -0.25) is 4.90 Å². The number of aromatic nitrogens is 2. The molecule has 5 heteroatoms. The Morgan fingerprint density at radius 2 is 2.05 bits per heavy atom. The maximum atomic E-state index is 5.93. The van der Waals surface area contributed by atoms with Crippen molar-refractivity contribution in [2.24, 2.45) is 12.8 Å². The van der Waals surface area contributed by atoms with E-state index < -0.39 is 0 Å². The van der Waals surface area contributed by atoms with Gasteiger partial charge in [-0.05, 0) is 24.7 Å². The number of aryl methyl sites for hydroxylation is 1. The number of hydrogen-bond acceptors (Lipinski definition) is 4. The van der Waals surface area contributed by atoms with Gasteiger partial charge in [-0.1, -0.05) is 12.1 Å². The predicted molar refractivity (Wildman–Crippen MR) is 79.5 cm³/mol. The second-order valence-electron chi connectivity index (χ2n) is 4.94. The van der Waals surface area contributed by atoms with Gasteiger partial charge in [0.05, 0.1) is 25.2 Å². The maximum Gasteiger partial charge on any atom is 0.118 e. The number of nitrogens with two attached hydrogens (primary N) is 1. The van der Waals surface area contributed by atoms with Crippen molar-refractivity contribution in [3.8, 4) is 5.75 Å². The number of imidazole rings is 1. The number of methoxy groups -OCH3 is 1. The number of ether oxygens (including phenoxy) is 1. The minimum Gasteiger partial charge on any atom is -0.497 e. The van der Waals surface area contributed by atoms with E-state index >= 15 is 0 Å². The second kappa shape index (κ2) is 6.54. The molecule has 2 N–H and O–H groups in total. The summed E-state index contributed by atoms with van der Waals surface area (Å²) in [6.07, 6.45) is 3.68. The molecule has 0 radical (unpaired) electrons. The molecular formula is C15H22N4O. The van der Waals surface area contributed by atoms with E-state index in [0.717, 1.165) is 18.0 Å². The molecule has 1 atom stereocenters. The quantitative estimate of drug-likeness (QED) is 0.868. The maximum absolute atomic E-state index is 5.93. The summed E-state index contributed by atoms with van der Waals surface area (Å²) in [6.45, 7) is 1.39. The van der Waals surface area contributed by atoms with Crippen molar-refractivity contribution in [1.82, 2.24) is 14.5 Å². The van der Waals surface area contributed by atoms with E-state index in [2.05, 4.69) is 29.1 Å². The van der Waals surface area contributed by atoms with Crippen LogP contribution in [0, 0.1) is 0 Å². The highest BCUT2D eigenvalue weighted by Crippen LogP contribution is 2.20. The van der Waals surface area contributed by atoms with Crippen LogP contribution in [0.4, 0.5) is 0 Å². The highest BCUT2D eigenvalue weighted by molar-refractivity contribution is 5.27. The topological polar surface area (TPSA) is 56.3 Å². The first-order valence-corrected chi connectivity index (χ1v) is 6.65. The SMILES string of the molecule is COc1ccc(CN(C)C(CN)c2cncn2C)cc1. The van der Waals surface area contributed by atoms with Gasteiger partial charge in [0.15, 0.2) is 0 Å². The third-order valence-electron chi connectivity index (χ3n) is 3.54. The molecule has 0 saturated heterocycles. The summed E-state index contributed by atoms with van der Waals surface area (Å²) in [5, 5.41) is 0. The normalized spacial score (nSPS) is 12.7. The monoisotopic (exact) mass is 274 g/mol. The molecule has 0 aliphatic heterocycles. The van der Waals surface area contributed by atoms with E-state index in [4.69, 9.17) is 10.5 Å². The molecule has 0 spiro atoms. The Morgan fingerprint density at radius 3 is 2.55 bits per heavy atom. The van der Waals surface area contributed by atoms with Crippen LogP contribution in [0.1, 0.15) is 17.3 Å². The van der Waals surface area contributed by atoms with Gasteiger partial charge >= 0.3 is 0 Å². The molecule has 1 aromatic carbocycles. The van der Waals surface area contributed by atoms with E-state index in [1.807, 2.05) is 29.9 Å². The van der Waals surface area contributed by atoms with Gasteiger partial charge in [0.1, 0.15) is 5.75 Å². The minimum atomic E-state index is 0.157. The highest BCUT2D eigenvalue weighted by atomic mass is 16.5. The van der Waals surface area contributed by atoms with Gasteiger partial charge in [-0.2, -0.15) is 0 Å². The van der Waals surface area contributed by atoms with E-state index in [1.165, 1.54) is 5.56 Å². The number of hydrogen-bond donors (Lipinski definition) is 1. The van der Waals surface area contributed by atoms with Gasteiger partial charge in [0.25, 0.3) is 0 Å². The van der Waals surface area contributed by atoms with Gasteiger partial charge in [0.2, 0.25) is 0 Å². The van der Waals surface area contributed by atoms with Crippen LogP contribution >= 0.6 is 0 Å². The first-order valence-electron chi connectivity index (χ1n) is 6.65. The van der Waals surface area contributed by atoms with Gasteiger partial charge < -0.3 is 15.0 Å². The predicted octanol–water partition coefficient (Wildman–Crippen LogP) is 1.56. The molecule has 0 amide bonds. The average molecular weight is 274 g/mol. The lowest BCUT2D eigenvalue weighted by atomic mass is 10.1. The first-order chi connectivity index (χ1) is 9.65. The van der Waals surface area contributed by atoms with E-state index in [1.54, 1.807) is 13.4 Å². The van der Waals surface area contributed by atoms with Crippen molar-refractivity contribution in [3.05, 3.63) is 48.0 Å². The van der Waals surface area contributed by atoms with Crippen LogP contribution in [0.3, 0.4) is 0 Å². The van der Waals surface area contributed by atoms with Crippen LogP contribution < -0.4 is 10.5 Å². The molecule has 0 aliphatic carbocycles. The molecular weight excluding hydrogens is 252 g/mol. The third-order valence-corrected chi connectivity index (χ3v) is 3.54. The molecule has 5 nitrogen and oxygen atoms in total. The molecule has 0 aliphatic rings. The lowest BCUT2D eigenvalue weighted by molar-refractivity contribution is 0.234. The van der Waals surface area contributed by atoms with Crippen molar-refractivity contribution in [2.75, 3.05) is 20.7 Å². The lowest BCUT2D eigenvalue weighted by Gasteiger charge is -2.27. The van der Waals surface area contributed by atoms with Crippen molar-refractivity contribution >= 4 is 0 Å². The van der Waals surface area contributed by atoms with Crippen molar-refractivity contribution < 1.29 is 4.74 Å². The lowest BCUT2D eigenvalue weighted by Crippen LogP contribution is -2.31. The molecule has 0 fully saturated rings. The Kier molecular flexibility index (Phi) is 4.76. The van der Waals surface area contributed by atoms with E-state index in [0.29, 0.717) is 6.54 Å². The Balaban J connectivity index is 2.09. The summed E-state index contributed by atoms with van der Waals surface area (Å²) >= 11 is 0. The zero-order chi connectivity index (χ0) is 14.5. The van der Waals surface area contributed by atoms with E-state index in [9.17, 15) is 0 Å². The van der Waals surface area contributed by atoms with Gasteiger partial charge in [-0.15, -0.1) is 0 Å². The first kappa shape index (κ1) is 14.6. The molecule has 1 heterocycles. The van der Waals surface area contributed by atoms with E-state index in [-0.39, 0.29) is 6.04 Å². The van der Waals surface area contributed by atoms with Crippen LogP contribution in [0.2, 0.25) is 0 Å². The van der Waals surface area contributed by atoms with Crippen LogP contribution in [-0.4, -0.2) is 35.2 Å². The summed E-state index contributed by atoms with van der Waals surface area (Å²) in [5.74, 6) is 0.874. The molecule has 1 unspecified atom stereocenters. The Bertz CT molecular complexity index is 535. The molecule has 20 heavy (non-hydrogen) atoms. The number of benzene rings is 1. The average Bonchev–Trinajstić information content (AvgIpc) is 2.87. The smallest absolute Gasteiger partial charge is 0.118 e. The Hall–Kier alpha value is -1.85. The molecule has 1 aromatic heterocycles. The molecule has 2 aromatic rings. The van der Waals surface area contributed by atoms with Crippen molar-refractivity contribution in [1.29, 1.82) is 0 Å². The largest absolute Gasteiger partial charge is 0.497 e. The minimum absolute atomic E-state index is 0.157. The Morgan fingerprint density at radius 1 is 1.35 bits per heavy atom. The molecule has 0 saturated carbocycles. The fourth-order valence-electron chi connectivity index (χ4n) is 2.34. The summed E-state index contributed by atoms with van der Waals surface area (Å²) < 4.78 is 7.19. The molecule has 108 valence electrons. The van der Waals surface area contributed by atoms with Crippen LogP contribution in [0.5, 0.6) is 5.75 Å². The number of likely N-dealkylation sites (N-methyl/N-ethyl adjacent to an activating group) is 1. The van der Waals surface area contributed by atoms with Crippen molar-refractivity contribution in [2.45, 2.75) is 12.6 Å². The van der Waals surface area contributed by atoms with Crippen LogP contribution in [-0.2, 0) is 13.6 Å². The fraction of sp³-hybridized carbons (Fsp3) is 0.400. The van der Waals surface area contributed by atoms with Gasteiger partial charge in [-0.25, -0.2) is 4.98 Å². The molecule has 0 bridgehead atoms. The third kappa shape index (κ3) is 3.18. The highest BCUT2D eigenvalue weighted by Gasteiger charge is 2.18. The summed E-state index contributed by atoms with van der Waals surface area (Å²) in [7, 11) is 5.75. The fourth-order valence-corrected chi connectivity index (χ4v) is 2.34. The summed E-state index contributed by atoms with van der Waals surface area (Å²) in [6, 6.07) is 8.26. The summed E-state index contributed by atoms with van der Waals surface area (Å²) in [4.78, 5) is 6.40. The van der Waals surface area contributed by atoms with Crippen LogP contribution in [0.15, 0.2) is 36.8 Å². The standard InChI is InChI=1S/C15H22N4O/c1-18(10-12-4-6-13(20-3)7-5-12)14(8-16)15-9-17-11-19(15)2/h4-7,9,11,14H,8,10,16H2,1-3H3. The Labute approximate surface area is 120 Å². The number of rotatable bonds is 6. The zero-order valence-corrected chi connectivity index (χ0v) is 12.3. The summed E-state index contributed by atoms with van der Waals surface area (Å²) in [5.41, 5.74) is 8.29. The van der Waals surface area contributed by atoms with Crippen molar-refractivity contribution in [3.63, 3.8) is 0 Å². The van der Waals surface area contributed by atoms with Crippen LogP contribution in [0.25, 0.3) is 0 Å². The number of nitrogens with zero attached hydrogens (tertiary/aromatic N) is 3. The zero-order valence-electron chi connectivity index (χ0n) is 12.3. The second-order valence-corrected chi connectivity index (χ2v) is 4.94.